The molecule has 0 radical (unpaired) electrons. The molecule has 1 aromatic rings. The highest BCUT2D eigenvalue weighted by atomic mass is 19.4. The lowest BCUT2D eigenvalue weighted by Gasteiger charge is -2.23. The Morgan fingerprint density at radius 3 is 2.88 bits per heavy atom. The van der Waals surface area contributed by atoms with Crippen molar-refractivity contribution in [2.24, 2.45) is 5.92 Å². The van der Waals surface area contributed by atoms with Gasteiger partial charge >= 0.3 is 6.18 Å². The molecule has 0 aliphatic carbocycles. The first-order valence-corrected chi connectivity index (χ1v) is 5.79. The zero-order chi connectivity index (χ0) is 12.3. The average molecular weight is 244 g/mol. The molecule has 0 aromatic carbocycles. The first kappa shape index (κ1) is 12.4. The van der Waals surface area contributed by atoms with E-state index in [9.17, 15) is 13.2 Å². The zero-order valence-electron chi connectivity index (χ0n) is 9.43. The van der Waals surface area contributed by atoms with E-state index in [-0.39, 0.29) is 5.92 Å². The van der Waals surface area contributed by atoms with E-state index in [4.69, 9.17) is 0 Å². The van der Waals surface area contributed by atoms with E-state index < -0.39 is 11.9 Å². The van der Waals surface area contributed by atoms with Crippen LogP contribution >= 0.6 is 0 Å². The molecule has 1 unspecified atom stereocenters. The third-order valence-corrected chi connectivity index (χ3v) is 3.07. The third-order valence-electron chi connectivity index (χ3n) is 3.07. The average Bonchev–Trinajstić information content (AvgIpc) is 2.30. The minimum absolute atomic E-state index is 0.286. The Kier molecular flexibility index (Phi) is 3.66. The maximum Gasteiger partial charge on any atom is 0.433 e. The van der Waals surface area contributed by atoms with Gasteiger partial charge in [0.05, 0.1) is 0 Å². The number of halogens is 3. The highest BCUT2D eigenvalue weighted by Crippen LogP contribution is 2.31. The van der Waals surface area contributed by atoms with Crippen LogP contribution in [0.2, 0.25) is 0 Å². The van der Waals surface area contributed by atoms with Gasteiger partial charge in [-0.3, -0.25) is 4.98 Å². The number of nitrogens with zero attached hydrogens (tertiary/aromatic N) is 1. The molecule has 17 heavy (non-hydrogen) atoms. The molecule has 1 aliphatic heterocycles. The zero-order valence-corrected chi connectivity index (χ0v) is 9.43. The minimum Gasteiger partial charge on any atom is -0.316 e. The van der Waals surface area contributed by atoms with Gasteiger partial charge in [0, 0.05) is 6.20 Å². The minimum atomic E-state index is -4.35. The summed E-state index contributed by atoms with van der Waals surface area (Å²) in [5, 5.41) is 3.21. The summed E-state index contributed by atoms with van der Waals surface area (Å²) in [5.74, 6) is 0.286. The Labute approximate surface area is 98.2 Å². The molecular formula is C12H15F3N2. The summed E-state index contributed by atoms with van der Waals surface area (Å²) in [6.07, 6.45) is -0.675. The van der Waals surface area contributed by atoms with Gasteiger partial charge in [0.2, 0.25) is 0 Å². The van der Waals surface area contributed by atoms with Crippen molar-refractivity contribution in [2.45, 2.75) is 25.4 Å². The number of alkyl halides is 3. The van der Waals surface area contributed by atoms with Gasteiger partial charge in [-0.1, -0.05) is 6.07 Å². The maximum absolute atomic E-state index is 12.7. The second-order valence-corrected chi connectivity index (χ2v) is 4.43. The predicted molar refractivity (Wildman–Crippen MR) is 58.5 cm³/mol. The molecule has 2 heterocycles. The summed E-state index contributed by atoms with van der Waals surface area (Å²) >= 11 is 0. The van der Waals surface area contributed by atoms with Crippen molar-refractivity contribution in [1.82, 2.24) is 10.3 Å². The van der Waals surface area contributed by atoms with E-state index in [0.29, 0.717) is 12.0 Å². The number of piperidine rings is 1. The van der Waals surface area contributed by atoms with Crippen molar-refractivity contribution < 1.29 is 13.2 Å². The van der Waals surface area contributed by atoms with Crippen LogP contribution in [0.1, 0.15) is 24.1 Å². The van der Waals surface area contributed by atoms with Crippen LogP contribution in [-0.2, 0) is 12.6 Å². The molecule has 2 rings (SSSR count). The van der Waals surface area contributed by atoms with Crippen molar-refractivity contribution in [3.8, 4) is 0 Å². The van der Waals surface area contributed by atoms with E-state index in [1.165, 1.54) is 12.3 Å². The standard InChI is InChI=1S/C12H15F3N2/c13-12(14,15)11-10(4-2-6-17-11)7-9-3-1-5-16-8-9/h2,4,6,9,16H,1,3,5,7-8H2. The van der Waals surface area contributed by atoms with Gasteiger partial charge < -0.3 is 5.32 Å². The van der Waals surface area contributed by atoms with Crippen LogP contribution in [0.25, 0.3) is 0 Å². The Balaban J connectivity index is 2.14. The smallest absolute Gasteiger partial charge is 0.316 e. The van der Waals surface area contributed by atoms with E-state index in [1.54, 1.807) is 6.07 Å². The summed E-state index contributed by atoms with van der Waals surface area (Å²) < 4.78 is 38.2. The Hall–Kier alpha value is -1.10. The molecule has 5 heteroatoms. The van der Waals surface area contributed by atoms with Crippen LogP contribution in [0, 0.1) is 5.92 Å². The fourth-order valence-corrected chi connectivity index (χ4v) is 2.27. The molecule has 1 aromatic heterocycles. The van der Waals surface area contributed by atoms with Crippen LogP contribution < -0.4 is 5.32 Å². The largest absolute Gasteiger partial charge is 0.433 e. The molecule has 0 bridgehead atoms. The molecule has 2 nitrogen and oxygen atoms in total. The Bertz CT molecular complexity index is 370. The summed E-state index contributed by atoms with van der Waals surface area (Å²) in [7, 11) is 0. The molecule has 1 saturated heterocycles. The topological polar surface area (TPSA) is 24.9 Å². The molecule has 0 saturated carbocycles. The summed E-state index contributed by atoms with van der Waals surface area (Å²) in [4.78, 5) is 3.47. The SMILES string of the molecule is FC(F)(F)c1ncccc1CC1CCCNC1. The first-order valence-electron chi connectivity index (χ1n) is 5.79. The molecule has 0 amide bonds. The molecular weight excluding hydrogens is 229 g/mol. The fraction of sp³-hybridized carbons (Fsp3) is 0.583. The van der Waals surface area contributed by atoms with Crippen molar-refractivity contribution in [3.63, 3.8) is 0 Å². The van der Waals surface area contributed by atoms with Crippen LogP contribution in [0.3, 0.4) is 0 Å². The summed E-state index contributed by atoms with van der Waals surface area (Å²) in [6.45, 7) is 1.77. The van der Waals surface area contributed by atoms with Crippen molar-refractivity contribution in [1.29, 1.82) is 0 Å². The van der Waals surface area contributed by atoms with Gasteiger partial charge in [-0.2, -0.15) is 13.2 Å². The van der Waals surface area contributed by atoms with E-state index >= 15 is 0 Å². The Morgan fingerprint density at radius 2 is 2.24 bits per heavy atom. The second kappa shape index (κ2) is 5.04. The monoisotopic (exact) mass is 244 g/mol. The van der Waals surface area contributed by atoms with Gasteiger partial charge in [-0.25, -0.2) is 0 Å². The lowest BCUT2D eigenvalue weighted by atomic mass is 9.91. The van der Waals surface area contributed by atoms with Gasteiger partial charge in [-0.15, -0.1) is 0 Å². The lowest BCUT2D eigenvalue weighted by molar-refractivity contribution is -0.141. The van der Waals surface area contributed by atoms with Crippen LogP contribution in [0.15, 0.2) is 18.3 Å². The number of pyridine rings is 1. The molecule has 1 atom stereocenters. The highest BCUT2D eigenvalue weighted by Gasteiger charge is 2.35. The number of rotatable bonds is 2. The fourth-order valence-electron chi connectivity index (χ4n) is 2.27. The van der Waals surface area contributed by atoms with Gasteiger partial charge in [0.15, 0.2) is 0 Å². The summed E-state index contributed by atoms with van der Waals surface area (Å²) in [5.41, 5.74) is -0.417. The maximum atomic E-state index is 12.7. The van der Waals surface area contributed by atoms with Gasteiger partial charge in [0.1, 0.15) is 5.69 Å². The molecule has 1 aliphatic rings. The normalized spacial score (nSPS) is 21.5. The van der Waals surface area contributed by atoms with Crippen molar-refractivity contribution in [3.05, 3.63) is 29.6 Å². The lowest BCUT2D eigenvalue weighted by Crippen LogP contribution is -2.31. The number of nitrogens with one attached hydrogen (secondary N) is 1. The van der Waals surface area contributed by atoms with Crippen LogP contribution in [-0.4, -0.2) is 18.1 Å². The quantitative estimate of drug-likeness (QED) is 0.865. The summed E-state index contributed by atoms with van der Waals surface area (Å²) in [6, 6.07) is 3.10. The second-order valence-electron chi connectivity index (χ2n) is 4.43. The number of aromatic nitrogens is 1. The van der Waals surface area contributed by atoms with E-state index in [2.05, 4.69) is 10.3 Å². The first-order chi connectivity index (χ1) is 8.07. The molecule has 0 spiro atoms. The molecule has 94 valence electrons. The Morgan fingerprint density at radius 1 is 1.41 bits per heavy atom. The van der Waals surface area contributed by atoms with Crippen LogP contribution in [0.5, 0.6) is 0 Å². The van der Waals surface area contributed by atoms with Gasteiger partial charge in [-0.05, 0) is 49.9 Å². The van der Waals surface area contributed by atoms with E-state index in [1.807, 2.05) is 0 Å². The predicted octanol–water partition coefficient (Wildman–Crippen LogP) is 2.64. The number of hydrogen-bond acceptors (Lipinski definition) is 2. The molecule has 1 N–H and O–H groups in total. The van der Waals surface area contributed by atoms with E-state index in [0.717, 1.165) is 25.9 Å². The van der Waals surface area contributed by atoms with Crippen molar-refractivity contribution >= 4 is 0 Å². The number of hydrogen-bond donors (Lipinski definition) is 1. The van der Waals surface area contributed by atoms with Crippen molar-refractivity contribution in [2.75, 3.05) is 13.1 Å². The highest BCUT2D eigenvalue weighted by molar-refractivity contribution is 5.23. The van der Waals surface area contributed by atoms with Gasteiger partial charge in [0.25, 0.3) is 0 Å². The molecule has 1 fully saturated rings. The third kappa shape index (κ3) is 3.19. The van der Waals surface area contributed by atoms with Crippen LogP contribution in [0.4, 0.5) is 13.2 Å².